The smallest absolute Gasteiger partial charge is 0.311 e. The zero-order valence-electron chi connectivity index (χ0n) is 30.5. The Labute approximate surface area is 305 Å². The number of esters is 1. The van der Waals surface area contributed by atoms with Gasteiger partial charge in [-0.05, 0) is 37.5 Å². The number of hydrogen-bond acceptors (Lipinski definition) is 11. The molecule has 0 saturated carbocycles. The first-order valence-corrected chi connectivity index (χ1v) is 17.1. The minimum absolute atomic E-state index is 0.0462. The van der Waals surface area contributed by atoms with E-state index in [4.69, 9.17) is 42.6 Å². The second-order valence-electron chi connectivity index (χ2n) is 13.3. The molecule has 52 heavy (non-hydrogen) atoms. The van der Waals surface area contributed by atoms with Crippen molar-refractivity contribution in [2.45, 2.75) is 71.3 Å². The zero-order valence-corrected chi connectivity index (χ0v) is 30.5. The molecule has 0 radical (unpaired) electrons. The third-order valence-electron chi connectivity index (χ3n) is 8.41. The molecule has 11 nitrogen and oxygen atoms in total. The number of carbonyl (C=O) groups is 1. The van der Waals surface area contributed by atoms with Gasteiger partial charge in [0, 0.05) is 6.07 Å². The van der Waals surface area contributed by atoms with Gasteiger partial charge in [0.25, 0.3) is 0 Å². The second kappa shape index (κ2) is 18.1. The molecule has 4 aromatic carbocycles. The molecule has 4 aromatic rings. The molecular formula is C41H48O11. The molecule has 11 heteroatoms. The van der Waals surface area contributed by atoms with E-state index < -0.39 is 42.1 Å². The lowest BCUT2D eigenvalue weighted by Gasteiger charge is -2.45. The van der Waals surface area contributed by atoms with E-state index in [1.807, 2.05) is 91.0 Å². The van der Waals surface area contributed by atoms with Crippen LogP contribution in [0, 0.1) is 5.41 Å². The summed E-state index contributed by atoms with van der Waals surface area (Å²) in [6.07, 6.45) is -5.08. The summed E-state index contributed by atoms with van der Waals surface area (Å²) in [5, 5.41) is 11.2. The molecule has 0 amide bonds. The third kappa shape index (κ3) is 9.74. The molecule has 0 aliphatic carbocycles. The lowest BCUT2D eigenvalue weighted by atomic mass is 9.95. The number of benzene rings is 4. The Bertz CT molecular complexity index is 1690. The van der Waals surface area contributed by atoms with Crippen LogP contribution >= 0.6 is 0 Å². The van der Waals surface area contributed by atoms with Crippen molar-refractivity contribution in [2.75, 3.05) is 27.9 Å². The fourth-order valence-electron chi connectivity index (χ4n) is 5.67. The lowest BCUT2D eigenvalue weighted by Crippen LogP contribution is -2.63. The summed E-state index contributed by atoms with van der Waals surface area (Å²) >= 11 is 0. The van der Waals surface area contributed by atoms with Crippen LogP contribution < -0.4 is 18.9 Å². The van der Waals surface area contributed by atoms with E-state index in [2.05, 4.69) is 0 Å². The van der Waals surface area contributed by atoms with Gasteiger partial charge in [-0.1, -0.05) is 91.0 Å². The predicted molar refractivity (Wildman–Crippen MR) is 193 cm³/mol. The Morgan fingerprint density at radius 1 is 0.673 bits per heavy atom. The monoisotopic (exact) mass is 716 g/mol. The zero-order chi connectivity index (χ0) is 37.1. The minimum Gasteiger partial charge on any atom is -0.504 e. The SMILES string of the molecule is COc1cc(O)c(O[C@@H]2O[C@H](COCc3ccccc3)[C@@H](OCc3ccccc3)[C@H](OCc3ccccc3)[C@H]2OC(=O)C(C)(C)C)c(OC)c1OC. The van der Waals surface area contributed by atoms with Crippen molar-refractivity contribution in [1.29, 1.82) is 0 Å². The van der Waals surface area contributed by atoms with Crippen molar-refractivity contribution >= 4 is 5.97 Å². The number of phenols is 1. The highest BCUT2D eigenvalue weighted by Crippen LogP contribution is 2.50. The Balaban J connectivity index is 1.58. The maximum absolute atomic E-state index is 13.7. The molecule has 5 rings (SSSR count). The molecule has 1 fully saturated rings. The molecule has 1 heterocycles. The van der Waals surface area contributed by atoms with E-state index in [0.717, 1.165) is 16.7 Å². The van der Waals surface area contributed by atoms with Gasteiger partial charge in [-0.15, -0.1) is 0 Å². The van der Waals surface area contributed by atoms with Gasteiger partial charge < -0.3 is 47.7 Å². The number of rotatable bonds is 16. The van der Waals surface area contributed by atoms with Gasteiger partial charge in [0.1, 0.15) is 18.3 Å². The first-order chi connectivity index (χ1) is 25.1. The highest BCUT2D eigenvalue weighted by Gasteiger charge is 2.52. The quantitative estimate of drug-likeness (QED) is 0.122. The average molecular weight is 717 g/mol. The summed E-state index contributed by atoms with van der Waals surface area (Å²) in [6.45, 7) is 6.00. The molecule has 0 aromatic heterocycles. The number of methoxy groups -OCH3 is 3. The van der Waals surface area contributed by atoms with Crippen molar-refractivity contribution < 1.29 is 52.5 Å². The van der Waals surface area contributed by atoms with Crippen LogP contribution in [0.25, 0.3) is 0 Å². The molecule has 0 spiro atoms. The number of ether oxygens (including phenoxy) is 9. The lowest BCUT2D eigenvalue weighted by molar-refractivity contribution is -0.304. The maximum atomic E-state index is 13.7. The maximum Gasteiger partial charge on any atom is 0.311 e. The topological polar surface area (TPSA) is 120 Å². The van der Waals surface area contributed by atoms with Crippen LogP contribution in [0.4, 0.5) is 0 Å². The first kappa shape index (κ1) is 38.4. The molecule has 0 unspecified atom stereocenters. The van der Waals surface area contributed by atoms with E-state index in [9.17, 15) is 9.90 Å². The number of phenolic OH excluding ortho intramolecular Hbond substituents is 1. The normalized spacial score (nSPS) is 20.2. The molecular weight excluding hydrogens is 668 g/mol. The van der Waals surface area contributed by atoms with Crippen LogP contribution in [0.15, 0.2) is 97.1 Å². The summed E-state index contributed by atoms with van der Waals surface area (Å²) in [4.78, 5) is 13.7. The van der Waals surface area contributed by atoms with Crippen LogP contribution in [-0.2, 0) is 48.3 Å². The average Bonchev–Trinajstić information content (AvgIpc) is 3.15. The summed E-state index contributed by atoms with van der Waals surface area (Å²) in [5.74, 6) is -0.510. The Hall–Kier alpha value is -4.81. The predicted octanol–water partition coefficient (Wildman–Crippen LogP) is 6.87. The first-order valence-electron chi connectivity index (χ1n) is 17.1. The molecule has 0 bridgehead atoms. The Morgan fingerprint density at radius 3 is 1.69 bits per heavy atom. The van der Waals surface area contributed by atoms with Crippen LogP contribution in [0.2, 0.25) is 0 Å². The van der Waals surface area contributed by atoms with Gasteiger partial charge in [-0.25, -0.2) is 0 Å². The largest absolute Gasteiger partial charge is 0.504 e. The fourth-order valence-corrected chi connectivity index (χ4v) is 5.67. The van der Waals surface area contributed by atoms with Gasteiger partial charge >= 0.3 is 5.97 Å². The highest BCUT2D eigenvalue weighted by molar-refractivity contribution is 5.75. The van der Waals surface area contributed by atoms with Crippen molar-refractivity contribution in [3.8, 4) is 28.7 Å². The molecule has 1 aliphatic heterocycles. The van der Waals surface area contributed by atoms with E-state index >= 15 is 0 Å². The summed E-state index contributed by atoms with van der Waals surface area (Å²) in [7, 11) is 4.28. The van der Waals surface area contributed by atoms with E-state index in [1.165, 1.54) is 27.4 Å². The number of aromatic hydroxyl groups is 1. The number of hydrogen-bond donors (Lipinski definition) is 1. The summed E-state index contributed by atoms with van der Waals surface area (Å²) in [6, 6.07) is 30.4. The Kier molecular flexibility index (Phi) is 13.4. The Morgan fingerprint density at radius 2 is 1.19 bits per heavy atom. The van der Waals surface area contributed by atoms with Gasteiger partial charge in [0.05, 0.1) is 53.2 Å². The second-order valence-corrected chi connectivity index (χ2v) is 13.3. The third-order valence-corrected chi connectivity index (χ3v) is 8.41. The van der Waals surface area contributed by atoms with Gasteiger partial charge in [0.2, 0.25) is 23.5 Å². The number of carbonyl (C=O) groups excluding carboxylic acids is 1. The molecule has 278 valence electrons. The van der Waals surface area contributed by atoms with Crippen LogP contribution in [-0.4, -0.2) is 69.7 Å². The van der Waals surface area contributed by atoms with Crippen molar-refractivity contribution in [2.24, 2.45) is 5.41 Å². The molecule has 1 N–H and O–H groups in total. The van der Waals surface area contributed by atoms with Gasteiger partial charge in [-0.3, -0.25) is 4.79 Å². The van der Waals surface area contributed by atoms with Crippen LogP contribution in [0.5, 0.6) is 28.7 Å². The minimum atomic E-state index is -1.34. The standard InChI is InChI=1S/C41H48O11/c1-41(2,3)40(43)52-38-37(49-25-29-20-14-9-15-21-29)35(48-24-28-18-12-8-13-19-28)32(26-47-23-27-16-10-7-11-17-27)50-39(38)51-33-30(42)22-31(44-4)34(45-5)36(33)46-6/h7-22,32,35,37-39,42H,23-26H2,1-6H3/t32-,35-,37+,38-,39+/m1/s1. The van der Waals surface area contributed by atoms with Crippen LogP contribution in [0.1, 0.15) is 37.5 Å². The molecule has 1 saturated heterocycles. The molecule has 5 atom stereocenters. The van der Waals surface area contributed by atoms with E-state index in [1.54, 1.807) is 20.8 Å². The summed E-state index contributed by atoms with van der Waals surface area (Å²) in [5.41, 5.74) is 1.90. The van der Waals surface area contributed by atoms with E-state index in [-0.39, 0.29) is 48.6 Å². The van der Waals surface area contributed by atoms with Gasteiger partial charge in [-0.2, -0.15) is 0 Å². The fraction of sp³-hybridized carbons (Fsp3) is 0.390. The van der Waals surface area contributed by atoms with Crippen molar-refractivity contribution in [3.05, 3.63) is 114 Å². The van der Waals surface area contributed by atoms with Crippen molar-refractivity contribution in [1.82, 2.24) is 0 Å². The van der Waals surface area contributed by atoms with E-state index in [0.29, 0.717) is 6.61 Å². The molecule has 1 aliphatic rings. The van der Waals surface area contributed by atoms with Crippen LogP contribution in [0.3, 0.4) is 0 Å². The summed E-state index contributed by atoms with van der Waals surface area (Å²) < 4.78 is 55.5. The highest BCUT2D eigenvalue weighted by atomic mass is 16.7. The van der Waals surface area contributed by atoms with Gasteiger partial charge in [0.15, 0.2) is 17.6 Å². The van der Waals surface area contributed by atoms with Crippen molar-refractivity contribution in [3.63, 3.8) is 0 Å².